The van der Waals surface area contributed by atoms with Gasteiger partial charge < -0.3 is 9.47 Å². The van der Waals surface area contributed by atoms with Gasteiger partial charge in [0.15, 0.2) is 0 Å². The summed E-state index contributed by atoms with van der Waals surface area (Å²) in [6.07, 6.45) is 0. The van der Waals surface area contributed by atoms with Crippen molar-refractivity contribution < 1.29 is 0 Å². The quantitative estimate of drug-likeness (QED) is 0.150. The number of fused-ring (bicyclic) bond motifs is 4. The summed E-state index contributed by atoms with van der Waals surface area (Å²) in [6.45, 7) is 0. The van der Waals surface area contributed by atoms with Crippen LogP contribution in [-0.4, -0.2) is 4.57 Å². The standard InChI is InChI=1S/C58H40N2/c1-4-16-41(17-5-1)43-28-30-47(31-29-43)50-23-12-14-26-55(50)60-56-27-15-13-25-53(56)54-39-37-49(40-57(54)60)59(48-35-32-44(33-36-48)42-18-6-2-7-19-42)58-51-24-11-10-22-46(51)34-38-52(58)45-20-8-3-9-21-45/h1-40H. The molecule has 2 heteroatoms. The molecule has 0 bridgehead atoms. The van der Waals surface area contributed by atoms with Crippen LogP contribution in [0.4, 0.5) is 17.1 Å². The molecular weight excluding hydrogens is 725 g/mol. The molecule has 0 saturated heterocycles. The second kappa shape index (κ2) is 15.1. The van der Waals surface area contributed by atoms with E-state index >= 15 is 0 Å². The molecule has 0 amide bonds. The fourth-order valence-corrected chi connectivity index (χ4v) is 8.93. The van der Waals surface area contributed by atoms with Crippen LogP contribution < -0.4 is 4.90 Å². The molecule has 10 aromatic carbocycles. The maximum absolute atomic E-state index is 2.47. The van der Waals surface area contributed by atoms with E-state index in [2.05, 4.69) is 252 Å². The second-order valence-corrected chi connectivity index (χ2v) is 15.3. The topological polar surface area (TPSA) is 8.17 Å². The van der Waals surface area contributed by atoms with Crippen LogP contribution in [0.1, 0.15) is 0 Å². The third kappa shape index (κ3) is 6.23. The molecule has 0 N–H and O–H groups in total. The van der Waals surface area contributed by atoms with Crippen molar-refractivity contribution in [3.05, 3.63) is 243 Å². The number of nitrogens with zero attached hydrogens (tertiary/aromatic N) is 2. The van der Waals surface area contributed by atoms with E-state index < -0.39 is 0 Å². The van der Waals surface area contributed by atoms with E-state index in [1.807, 2.05) is 0 Å². The highest BCUT2D eigenvalue weighted by Crippen LogP contribution is 2.47. The molecule has 1 aromatic heterocycles. The smallest absolute Gasteiger partial charge is 0.0618 e. The average Bonchev–Trinajstić information content (AvgIpc) is 3.66. The van der Waals surface area contributed by atoms with Crippen LogP contribution in [0.2, 0.25) is 0 Å². The summed E-state index contributed by atoms with van der Waals surface area (Å²) < 4.78 is 2.46. The van der Waals surface area contributed by atoms with Gasteiger partial charge in [-0.3, -0.25) is 0 Å². The number of anilines is 3. The van der Waals surface area contributed by atoms with Gasteiger partial charge in [-0.15, -0.1) is 0 Å². The fourth-order valence-electron chi connectivity index (χ4n) is 8.93. The summed E-state index contributed by atoms with van der Waals surface area (Å²) in [6, 6.07) is 88.0. The van der Waals surface area contributed by atoms with Gasteiger partial charge in [0.25, 0.3) is 0 Å². The lowest BCUT2D eigenvalue weighted by Gasteiger charge is -2.30. The Morgan fingerprint density at radius 2 is 0.767 bits per heavy atom. The Morgan fingerprint density at radius 1 is 0.283 bits per heavy atom. The van der Waals surface area contributed by atoms with Gasteiger partial charge >= 0.3 is 0 Å². The largest absolute Gasteiger partial charge is 0.309 e. The number of hydrogen-bond donors (Lipinski definition) is 0. The number of aromatic nitrogens is 1. The molecule has 0 radical (unpaired) electrons. The lowest BCUT2D eigenvalue weighted by atomic mass is 9.96. The Bertz CT molecular complexity index is 3270. The summed E-state index contributed by atoms with van der Waals surface area (Å²) in [4.78, 5) is 2.47. The maximum atomic E-state index is 2.47. The molecule has 11 aromatic rings. The Kier molecular flexibility index (Phi) is 8.87. The lowest BCUT2D eigenvalue weighted by molar-refractivity contribution is 1.18. The monoisotopic (exact) mass is 764 g/mol. The van der Waals surface area contributed by atoms with Gasteiger partial charge in [0.1, 0.15) is 0 Å². The molecular formula is C58H40N2. The van der Waals surface area contributed by atoms with Crippen molar-refractivity contribution in [3.63, 3.8) is 0 Å². The third-order valence-electron chi connectivity index (χ3n) is 11.8. The van der Waals surface area contributed by atoms with E-state index in [0.717, 1.165) is 28.3 Å². The predicted molar refractivity (Wildman–Crippen MR) is 255 cm³/mol. The normalized spacial score (nSPS) is 11.3. The molecule has 0 aliphatic heterocycles. The number of para-hydroxylation sites is 2. The van der Waals surface area contributed by atoms with Crippen molar-refractivity contribution in [2.24, 2.45) is 0 Å². The minimum absolute atomic E-state index is 1.08. The summed E-state index contributed by atoms with van der Waals surface area (Å²) in [7, 11) is 0. The van der Waals surface area contributed by atoms with Gasteiger partial charge in [0.05, 0.1) is 22.4 Å². The second-order valence-electron chi connectivity index (χ2n) is 15.3. The fraction of sp³-hybridized carbons (Fsp3) is 0. The number of benzene rings is 10. The summed E-state index contributed by atoms with van der Waals surface area (Å²) in [5.41, 5.74) is 16.3. The van der Waals surface area contributed by atoms with Gasteiger partial charge in [0.2, 0.25) is 0 Å². The SMILES string of the molecule is c1ccc(-c2ccc(-c3ccccc3-n3c4ccccc4c4ccc(N(c5ccc(-c6ccccc6)cc5)c5c(-c6ccccc6)ccc6ccccc56)cc43)cc2)cc1. The molecule has 60 heavy (non-hydrogen) atoms. The molecule has 0 saturated carbocycles. The zero-order valence-corrected chi connectivity index (χ0v) is 33.0. The van der Waals surface area contributed by atoms with E-state index in [0.29, 0.717) is 0 Å². The van der Waals surface area contributed by atoms with E-state index in [1.54, 1.807) is 0 Å². The van der Waals surface area contributed by atoms with Crippen LogP contribution >= 0.6 is 0 Å². The first-order valence-electron chi connectivity index (χ1n) is 20.6. The summed E-state index contributed by atoms with van der Waals surface area (Å²) >= 11 is 0. The predicted octanol–water partition coefficient (Wildman–Crippen LogP) is 16.1. The maximum Gasteiger partial charge on any atom is 0.0618 e. The van der Waals surface area contributed by atoms with E-state index in [-0.39, 0.29) is 0 Å². The molecule has 0 fully saturated rings. The zero-order valence-electron chi connectivity index (χ0n) is 33.0. The van der Waals surface area contributed by atoms with Gasteiger partial charge in [-0.2, -0.15) is 0 Å². The highest BCUT2D eigenvalue weighted by Gasteiger charge is 2.23. The molecule has 0 unspecified atom stereocenters. The van der Waals surface area contributed by atoms with E-state index in [1.165, 1.54) is 71.6 Å². The van der Waals surface area contributed by atoms with E-state index in [9.17, 15) is 0 Å². The summed E-state index contributed by atoms with van der Waals surface area (Å²) in [5.74, 6) is 0. The van der Waals surface area contributed by atoms with Crippen molar-refractivity contribution in [3.8, 4) is 50.2 Å². The van der Waals surface area contributed by atoms with Crippen LogP contribution in [0, 0.1) is 0 Å². The molecule has 0 spiro atoms. The Balaban J connectivity index is 1.15. The number of hydrogen-bond acceptors (Lipinski definition) is 1. The van der Waals surface area contributed by atoms with Gasteiger partial charge in [0, 0.05) is 38.7 Å². The van der Waals surface area contributed by atoms with Crippen LogP contribution in [0.5, 0.6) is 0 Å². The highest BCUT2D eigenvalue weighted by molar-refractivity contribution is 6.12. The minimum Gasteiger partial charge on any atom is -0.309 e. The van der Waals surface area contributed by atoms with Crippen molar-refractivity contribution in [2.75, 3.05) is 4.90 Å². The Morgan fingerprint density at radius 3 is 1.47 bits per heavy atom. The molecule has 0 aliphatic rings. The summed E-state index contributed by atoms with van der Waals surface area (Å²) in [5, 5.41) is 4.82. The first kappa shape index (κ1) is 35.2. The first-order valence-corrected chi connectivity index (χ1v) is 20.6. The van der Waals surface area contributed by atoms with Gasteiger partial charge in [-0.25, -0.2) is 0 Å². The van der Waals surface area contributed by atoms with Crippen molar-refractivity contribution in [1.82, 2.24) is 4.57 Å². The van der Waals surface area contributed by atoms with Crippen molar-refractivity contribution >= 4 is 49.6 Å². The Hall–Kier alpha value is -7.94. The van der Waals surface area contributed by atoms with Crippen LogP contribution in [0.3, 0.4) is 0 Å². The van der Waals surface area contributed by atoms with Gasteiger partial charge in [-0.05, 0) is 75.2 Å². The molecule has 2 nitrogen and oxygen atoms in total. The minimum atomic E-state index is 1.08. The molecule has 11 rings (SSSR count). The molecule has 0 aliphatic carbocycles. The number of rotatable bonds is 8. The van der Waals surface area contributed by atoms with E-state index in [4.69, 9.17) is 0 Å². The van der Waals surface area contributed by atoms with Crippen LogP contribution in [-0.2, 0) is 0 Å². The van der Waals surface area contributed by atoms with Crippen molar-refractivity contribution in [2.45, 2.75) is 0 Å². The molecule has 1 heterocycles. The lowest BCUT2D eigenvalue weighted by Crippen LogP contribution is -2.12. The van der Waals surface area contributed by atoms with Crippen LogP contribution in [0.25, 0.3) is 82.8 Å². The first-order chi connectivity index (χ1) is 29.8. The Labute approximate surface area is 350 Å². The zero-order chi connectivity index (χ0) is 39.8. The van der Waals surface area contributed by atoms with Crippen molar-refractivity contribution in [1.29, 1.82) is 0 Å². The van der Waals surface area contributed by atoms with Gasteiger partial charge in [-0.1, -0.05) is 206 Å². The highest BCUT2D eigenvalue weighted by atomic mass is 15.1. The molecule has 0 atom stereocenters. The molecule has 282 valence electrons. The average molecular weight is 765 g/mol. The van der Waals surface area contributed by atoms with Crippen LogP contribution in [0.15, 0.2) is 243 Å². The third-order valence-corrected chi connectivity index (χ3v) is 11.8.